The summed E-state index contributed by atoms with van der Waals surface area (Å²) in [6.45, 7) is 0. The fourth-order valence-corrected chi connectivity index (χ4v) is 4.62. The van der Waals surface area contributed by atoms with Gasteiger partial charge in [0.25, 0.3) is 0 Å². The maximum Gasteiger partial charge on any atom is 0.201 e. The van der Waals surface area contributed by atoms with Crippen molar-refractivity contribution >= 4 is 32.5 Å². The van der Waals surface area contributed by atoms with Gasteiger partial charge in [0.1, 0.15) is 10.6 Å². The van der Waals surface area contributed by atoms with Crippen LogP contribution in [0.1, 0.15) is 18.9 Å². The Kier molecular flexibility index (Phi) is 3.18. The van der Waals surface area contributed by atoms with E-state index in [9.17, 15) is 18.7 Å². The minimum atomic E-state index is -1.07. The summed E-state index contributed by atoms with van der Waals surface area (Å²) >= 11 is 1.28. The molecule has 26 heavy (non-hydrogen) atoms. The molecule has 3 heterocycles. The Morgan fingerprint density at radius 1 is 1.15 bits per heavy atom. The summed E-state index contributed by atoms with van der Waals surface area (Å²) in [4.78, 5) is 18.0. The number of fused-ring (bicyclic) bond motifs is 2. The number of hydrogen-bond acceptors (Lipinski definition) is 4. The second-order valence-electron chi connectivity index (χ2n) is 6.41. The number of halogens is 2. The Morgan fingerprint density at radius 2 is 1.85 bits per heavy atom. The van der Waals surface area contributed by atoms with Crippen molar-refractivity contribution in [3.8, 4) is 16.2 Å². The minimum Gasteiger partial charge on any atom is -0.506 e. The van der Waals surface area contributed by atoms with Gasteiger partial charge >= 0.3 is 0 Å². The van der Waals surface area contributed by atoms with Crippen molar-refractivity contribution in [1.82, 2.24) is 9.55 Å². The third kappa shape index (κ3) is 2.10. The van der Waals surface area contributed by atoms with Gasteiger partial charge in [0, 0.05) is 29.9 Å². The zero-order valence-electron chi connectivity index (χ0n) is 13.4. The zero-order chi connectivity index (χ0) is 18.0. The second kappa shape index (κ2) is 5.35. The molecule has 7 heteroatoms. The van der Waals surface area contributed by atoms with Crippen LogP contribution in [0.25, 0.3) is 31.6 Å². The van der Waals surface area contributed by atoms with E-state index in [0.717, 1.165) is 30.5 Å². The van der Waals surface area contributed by atoms with Gasteiger partial charge in [-0.05, 0) is 36.6 Å². The van der Waals surface area contributed by atoms with Gasteiger partial charge in [-0.3, -0.25) is 9.78 Å². The smallest absolute Gasteiger partial charge is 0.201 e. The summed E-state index contributed by atoms with van der Waals surface area (Å²) < 4.78 is 29.5. The molecule has 0 radical (unpaired) electrons. The fourth-order valence-electron chi connectivity index (χ4n) is 3.34. The Labute approximate surface area is 150 Å². The van der Waals surface area contributed by atoms with Gasteiger partial charge in [-0.25, -0.2) is 8.78 Å². The summed E-state index contributed by atoms with van der Waals surface area (Å²) in [5, 5.41) is 11.0. The van der Waals surface area contributed by atoms with Crippen molar-refractivity contribution in [2.24, 2.45) is 0 Å². The molecule has 130 valence electrons. The largest absolute Gasteiger partial charge is 0.506 e. The number of aromatic nitrogens is 2. The zero-order valence-corrected chi connectivity index (χ0v) is 14.2. The van der Waals surface area contributed by atoms with Crippen LogP contribution >= 0.6 is 11.3 Å². The lowest BCUT2D eigenvalue weighted by Crippen LogP contribution is -2.10. The lowest BCUT2D eigenvalue weighted by molar-refractivity contribution is 0.485. The maximum absolute atomic E-state index is 13.9. The molecular formula is C19H12F2N2O2S. The van der Waals surface area contributed by atoms with Gasteiger partial charge in [0.05, 0.1) is 15.8 Å². The molecule has 0 aliphatic heterocycles. The van der Waals surface area contributed by atoms with E-state index in [-0.39, 0.29) is 22.6 Å². The van der Waals surface area contributed by atoms with Gasteiger partial charge in [0.2, 0.25) is 5.43 Å². The van der Waals surface area contributed by atoms with Gasteiger partial charge in [-0.2, -0.15) is 0 Å². The highest BCUT2D eigenvalue weighted by atomic mass is 32.1. The monoisotopic (exact) mass is 370 g/mol. The Hall–Kier alpha value is -2.80. The molecule has 1 aliphatic rings. The number of hydrogen-bond donors (Lipinski definition) is 1. The van der Waals surface area contributed by atoms with Crippen molar-refractivity contribution in [3.63, 3.8) is 0 Å². The van der Waals surface area contributed by atoms with Crippen LogP contribution in [0.3, 0.4) is 0 Å². The molecule has 1 N–H and O–H groups in total. The predicted molar refractivity (Wildman–Crippen MR) is 96.7 cm³/mol. The lowest BCUT2D eigenvalue weighted by Gasteiger charge is -2.12. The Bertz CT molecular complexity index is 1240. The molecule has 0 saturated heterocycles. The SMILES string of the molecule is O=c1c2cc(F)c(F)cc2n(C2CC2)c2sc(-c3ccncc3)c(O)c12. The molecule has 3 aromatic heterocycles. The van der Waals surface area contributed by atoms with Gasteiger partial charge in [-0.15, -0.1) is 11.3 Å². The summed E-state index contributed by atoms with van der Waals surface area (Å²) in [6.07, 6.45) is 5.01. The first-order valence-electron chi connectivity index (χ1n) is 8.15. The molecular weight excluding hydrogens is 358 g/mol. The van der Waals surface area contributed by atoms with E-state index in [1.54, 1.807) is 24.5 Å². The van der Waals surface area contributed by atoms with Crippen molar-refractivity contribution in [1.29, 1.82) is 0 Å². The van der Waals surface area contributed by atoms with Crippen LogP contribution < -0.4 is 5.43 Å². The van der Waals surface area contributed by atoms with E-state index in [2.05, 4.69) is 4.98 Å². The van der Waals surface area contributed by atoms with Crippen molar-refractivity contribution < 1.29 is 13.9 Å². The first kappa shape index (κ1) is 15.5. The summed E-state index contributed by atoms with van der Waals surface area (Å²) in [5.74, 6) is -2.18. The molecule has 4 aromatic rings. The average Bonchev–Trinajstić information content (AvgIpc) is 3.41. The van der Waals surface area contributed by atoms with E-state index < -0.39 is 17.1 Å². The maximum atomic E-state index is 13.9. The summed E-state index contributed by atoms with van der Waals surface area (Å²) in [5.41, 5.74) is 0.619. The van der Waals surface area contributed by atoms with Crippen LogP contribution in [0.15, 0.2) is 41.5 Å². The molecule has 5 rings (SSSR count). The first-order chi connectivity index (χ1) is 12.6. The quantitative estimate of drug-likeness (QED) is 0.561. The Morgan fingerprint density at radius 3 is 2.54 bits per heavy atom. The first-order valence-corrected chi connectivity index (χ1v) is 8.97. The number of nitrogens with zero attached hydrogens (tertiary/aromatic N) is 2. The summed E-state index contributed by atoms with van der Waals surface area (Å²) in [7, 11) is 0. The van der Waals surface area contributed by atoms with E-state index >= 15 is 0 Å². The highest BCUT2D eigenvalue weighted by molar-refractivity contribution is 7.22. The summed E-state index contributed by atoms with van der Waals surface area (Å²) in [6, 6.07) is 5.61. The molecule has 1 aliphatic carbocycles. The third-order valence-electron chi connectivity index (χ3n) is 4.71. The molecule has 1 saturated carbocycles. The fraction of sp³-hybridized carbons (Fsp3) is 0.158. The predicted octanol–water partition coefficient (Wildman–Crippen LogP) is 4.60. The van der Waals surface area contributed by atoms with E-state index in [0.29, 0.717) is 15.2 Å². The molecule has 0 bridgehead atoms. The molecule has 0 spiro atoms. The van der Waals surface area contributed by atoms with Gasteiger partial charge in [-0.1, -0.05) is 0 Å². The standard InChI is InChI=1S/C19H12F2N2O2S/c20-12-7-11-14(8-13(12)21)23(10-1-2-10)19-15(16(11)24)17(25)18(26-19)9-3-5-22-6-4-9/h3-8,10,25H,1-2H2. The van der Waals surface area contributed by atoms with Crippen LogP contribution in [0.2, 0.25) is 0 Å². The Balaban J connectivity index is 1.97. The van der Waals surface area contributed by atoms with Crippen LogP contribution in [0, 0.1) is 11.6 Å². The van der Waals surface area contributed by atoms with Crippen molar-refractivity contribution in [2.75, 3.05) is 0 Å². The number of pyridine rings is 2. The number of benzene rings is 1. The van der Waals surface area contributed by atoms with Crippen LogP contribution in [0.5, 0.6) is 5.75 Å². The van der Waals surface area contributed by atoms with Crippen molar-refractivity contribution in [3.05, 3.63) is 58.5 Å². The highest BCUT2D eigenvalue weighted by Gasteiger charge is 2.30. The lowest BCUT2D eigenvalue weighted by atomic mass is 10.1. The molecule has 1 aromatic carbocycles. The number of thiophene rings is 1. The van der Waals surface area contributed by atoms with E-state index in [4.69, 9.17) is 0 Å². The highest BCUT2D eigenvalue weighted by Crippen LogP contribution is 2.47. The molecule has 0 atom stereocenters. The topological polar surface area (TPSA) is 55.1 Å². The number of rotatable bonds is 2. The number of aromatic hydroxyl groups is 1. The molecule has 4 nitrogen and oxygen atoms in total. The second-order valence-corrected chi connectivity index (χ2v) is 7.41. The van der Waals surface area contributed by atoms with Crippen LogP contribution in [-0.2, 0) is 0 Å². The van der Waals surface area contributed by atoms with Crippen molar-refractivity contribution in [2.45, 2.75) is 18.9 Å². The van der Waals surface area contributed by atoms with Gasteiger partial charge < -0.3 is 9.67 Å². The minimum absolute atomic E-state index is 0.0812. The van der Waals surface area contributed by atoms with Gasteiger partial charge in [0.15, 0.2) is 11.6 Å². The normalized spacial score (nSPS) is 14.4. The average molecular weight is 370 g/mol. The van der Waals surface area contributed by atoms with E-state index in [1.807, 2.05) is 4.57 Å². The molecule has 0 amide bonds. The third-order valence-corrected chi connectivity index (χ3v) is 5.93. The van der Waals surface area contributed by atoms with Crippen LogP contribution in [0.4, 0.5) is 8.78 Å². The van der Waals surface area contributed by atoms with E-state index in [1.165, 1.54) is 11.3 Å². The molecule has 0 unspecified atom stereocenters. The van der Waals surface area contributed by atoms with Crippen LogP contribution in [-0.4, -0.2) is 14.7 Å². The molecule has 1 fully saturated rings.